The molecule has 3 heterocycles. The van der Waals surface area contributed by atoms with Crippen LogP contribution in [0.1, 0.15) is 34.5 Å². The van der Waals surface area contributed by atoms with E-state index in [0.717, 1.165) is 11.4 Å². The average Bonchev–Trinajstić information content (AvgIpc) is 2.96. The van der Waals surface area contributed by atoms with E-state index in [1.54, 1.807) is 36.4 Å². The van der Waals surface area contributed by atoms with E-state index in [0.29, 0.717) is 37.5 Å². The lowest BCUT2D eigenvalue weighted by Crippen LogP contribution is -2.36. The van der Waals surface area contributed by atoms with E-state index in [9.17, 15) is 9.59 Å². The zero-order valence-corrected chi connectivity index (χ0v) is 12.9. The van der Waals surface area contributed by atoms with Gasteiger partial charge in [0.05, 0.1) is 24.5 Å². The first kappa shape index (κ1) is 15.2. The van der Waals surface area contributed by atoms with Crippen LogP contribution >= 0.6 is 0 Å². The van der Waals surface area contributed by atoms with Crippen LogP contribution in [0.5, 0.6) is 0 Å². The number of amides is 1. The lowest BCUT2D eigenvalue weighted by Gasteiger charge is -2.26. The highest BCUT2D eigenvalue weighted by molar-refractivity contribution is 5.94. The molecule has 0 fully saturated rings. The van der Waals surface area contributed by atoms with E-state index in [2.05, 4.69) is 15.0 Å². The second-order valence-electron chi connectivity index (χ2n) is 5.30. The SMILES string of the molecule is CCOC(=O)Cc1nc2c([nH]1)CN(C(=O)c1ccncc1)CC2. The highest BCUT2D eigenvalue weighted by atomic mass is 16.5. The normalized spacial score (nSPS) is 13.5. The smallest absolute Gasteiger partial charge is 0.313 e. The van der Waals surface area contributed by atoms with Crippen LogP contribution < -0.4 is 0 Å². The summed E-state index contributed by atoms with van der Waals surface area (Å²) in [5.41, 5.74) is 2.43. The Morgan fingerprint density at radius 2 is 2.13 bits per heavy atom. The van der Waals surface area contributed by atoms with Gasteiger partial charge >= 0.3 is 5.97 Å². The molecule has 0 bridgehead atoms. The van der Waals surface area contributed by atoms with Crippen molar-refractivity contribution >= 4 is 11.9 Å². The number of imidazole rings is 1. The predicted molar refractivity (Wildman–Crippen MR) is 81.6 cm³/mol. The number of rotatable bonds is 4. The van der Waals surface area contributed by atoms with E-state index >= 15 is 0 Å². The Hall–Kier alpha value is -2.70. The van der Waals surface area contributed by atoms with E-state index < -0.39 is 0 Å². The van der Waals surface area contributed by atoms with Gasteiger partial charge in [-0.25, -0.2) is 4.98 Å². The summed E-state index contributed by atoms with van der Waals surface area (Å²) in [4.78, 5) is 37.3. The maximum atomic E-state index is 12.5. The Kier molecular flexibility index (Phi) is 4.36. The molecule has 0 saturated heterocycles. The molecular formula is C16H18N4O3. The molecule has 1 aliphatic rings. The molecule has 0 atom stereocenters. The van der Waals surface area contributed by atoms with Gasteiger partial charge in [0.15, 0.2) is 0 Å². The summed E-state index contributed by atoms with van der Waals surface area (Å²) < 4.78 is 4.93. The van der Waals surface area contributed by atoms with Crippen LogP contribution in [0.3, 0.4) is 0 Å². The Bertz CT molecular complexity index is 711. The van der Waals surface area contributed by atoms with Gasteiger partial charge in [-0.2, -0.15) is 0 Å². The van der Waals surface area contributed by atoms with Gasteiger partial charge in [0.2, 0.25) is 0 Å². The van der Waals surface area contributed by atoms with Crippen LogP contribution in [0.2, 0.25) is 0 Å². The molecule has 0 spiro atoms. The van der Waals surface area contributed by atoms with Gasteiger partial charge in [-0.1, -0.05) is 0 Å². The predicted octanol–water partition coefficient (Wildman–Crippen LogP) is 1.11. The molecule has 2 aromatic heterocycles. The summed E-state index contributed by atoms with van der Waals surface area (Å²) in [7, 11) is 0. The molecule has 1 N–H and O–H groups in total. The minimum Gasteiger partial charge on any atom is -0.466 e. The molecule has 3 rings (SSSR count). The minimum atomic E-state index is -0.302. The van der Waals surface area contributed by atoms with Crippen LogP contribution in [-0.2, 0) is 28.9 Å². The third-order valence-corrected chi connectivity index (χ3v) is 3.71. The lowest BCUT2D eigenvalue weighted by molar-refractivity contribution is -0.142. The van der Waals surface area contributed by atoms with Crippen LogP contribution in [0.4, 0.5) is 0 Å². The number of hydrogen-bond acceptors (Lipinski definition) is 5. The molecule has 120 valence electrons. The van der Waals surface area contributed by atoms with Crippen LogP contribution in [-0.4, -0.2) is 44.9 Å². The molecule has 23 heavy (non-hydrogen) atoms. The van der Waals surface area contributed by atoms with Gasteiger partial charge in [0, 0.05) is 30.9 Å². The number of carbonyl (C=O) groups excluding carboxylic acids is 2. The first-order valence-corrected chi connectivity index (χ1v) is 7.59. The number of nitrogens with one attached hydrogen (secondary N) is 1. The average molecular weight is 314 g/mol. The maximum Gasteiger partial charge on any atom is 0.313 e. The summed E-state index contributed by atoms with van der Waals surface area (Å²) in [5, 5.41) is 0. The van der Waals surface area contributed by atoms with Crippen molar-refractivity contribution in [2.75, 3.05) is 13.2 Å². The first-order chi connectivity index (χ1) is 11.2. The van der Waals surface area contributed by atoms with E-state index in [1.165, 1.54) is 0 Å². The second kappa shape index (κ2) is 6.60. The second-order valence-corrected chi connectivity index (χ2v) is 5.30. The molecule has 0 unspecified atom stereocenters. The summed E-state index contributed by atoms with van der Waals surface area (Å²) in [6, 6.07) is 3.41. The molecule has 0 aromatic carbocycles. The summed E-state index contributed by atoms with van der Waals surface area (Å²) in [6.07, 6.45) is 4.01. The maximum absolute atomic E-state index is 12.5. The van der Waals surface area contributed by atoms with Crippen molar-refractivity contribution in [1.29, 1.82) is 0 Å². The topological polar surface area (TPSA) is 88.2 Å². The number of pyridine rings is 1. The molecule has 0 aliphatic carbocycles. The van der Waals surface area contributed by atoms with Crippen molar-refractivity contribution in [3.05, 3.63) is 47.3 Å². The van der Waals surface area contributed by atoms with Gasteiger partial charge < -0.3 is 14.6 Å². The number of aromatic nitrogens is 3. The Balaban J connectivity index is 1.70. The van der Waals surface area contributed by atoms with E-state index in [1.807, 2.05) is 0 Å². The van der Waals surface area contributed by atoms with Gasteiger partial charge in [0.25, 0.3) is 5.91 Å². The fraction of sp³-hybridized carbons (Fsp3) is 0.375. The fourth-order valence-corrected chi connectivity index (χ4v) is 2.64. The molecule has 2 aromatic rings. The lowest BCUT2D eigenvalue weighted by atomic mass is 10.1. The number of H-pyrrole nitrogens is 1. The van der Waals surface area contributed by atoms with Crippen molar-refractivity contribution in [2.24, 2.45) is 0 Å². The molecule has 7 heteroatoms. The Morgan fingerprint density at radius 1 is 1.35 bits per heavy atom. The van der Waals surface area contributed by atoms with Crippen LogP contribution in [0.25, 0.3) is 0 Å². The number of hydrogen-bond donors (Lipinski definition) is 1. The van der Waals surface area contributed by atoms with Crippen molar-refractivity contribution in [3.8, 4) is 0 Å². The minimum absolute atomic E-state index is 0.0282. The Labute approximate surface area is 133 Å². The number of esters is 1. The quantitative estimate of drug-likeness (QED) is 0.854. The summed E-state index contributed by atoms with van der Waals surface area (Å²) >= 11 is 0. The molecule has 0 saturated carbocycles. The molecule has 7 nitrogen and oxygen atoms in total. The fourth-order valence-electron chi connectivity index (χ4n) is 2.64. The third-order valence-electron chi connectivity index (χ3n) is 3.71. The number of ether oxygens (including phenoxy) is 1. The number of carbonyl (C=O) groups is 2. The first-order valence-electron chi connectivity index (χ1n) is 7.59. The Morgan fingerprint density at radius 3 is 2.87 bits per heavy atom. The third kappa shape index (κ3) is 3.39. The van der Waals surface area contributed by atoms with Gasteiger partial charge in [-0.3, -0.25) is 14.6 Å². The van der Waals surface area contributed by atoms with Gasteiger partial charge in [-0.05, 0) is 19.1 Å². The van der Waals surface area contributed by atoms with Crippen molar-refractivity contribution < 1.29 is 14.3 Å². The molecular weight excluding hydrogens is 296 g/mol. The van der Waals surface area contributed by atoms with Crippen molar-refractivity contribution in [1.82, 2.24) is 19.9 Å². The van der Waals surface area contributed by atoms with Gasteiger partial charge in [-0.15, -0.1) is 0 Å². The number of aromatic amines is 1. The van der Waals surface area contributed by atoms with E-state index in [-0.39, 0.29) is 18.3 Å². The van der Waals surface area contributed by atoms with Crippen molar-refractivity contribution in [3.63, 3.8) is 0 Å². The monoisotopic (exact) mass is 314 g/mol. The highest BCUT2D eigenvalue weighted by Gasteiger charge is 2.25. The van der Waals surface area contributed by atoms with Crippen LogP contribution in [0, 0.1) is 0 Å². The standard InChI is InChI=1S/C16H18N4O3/c1-2-23-15(21)9-14-18-12-5-8-20(10-13(12)19-14)16(22)11-3-6-17-7-4-11/h3-4,6-7H,2,5,8-10H2,1H3,(H,18,19). The highest BCUT2D eigenvalue weighted by Crippen LogP contribution is 2.19. The number of nitrogens with zero attached hydrogens (tertiary/aromatic N) is 3. The molecule has 1 aliphatic heterocycles. The van der Waals surface area contributed by atoms with Crippen LogP contribution in [0.15, 0.2) is 24.5 Å². The van der Waals surface area contributed by atoms with E-state index in [4.69, 9.17) is 4.74 Å². The summed E-state index contributed by atoms with van der Waals surface area (Å²) in [6.45, 7) is 3.20. The number of fused-ring (bicyclic) bond motifs is 1. The molecule has 0 radical (unpaired) electrons. The zero-order chi connectivity index (χ0) is 16.2. The molecule has 1 amide bonds. The zero-order valence-electron chi connectivity index (χ0n) is 12.9. The van der Waals surface area contributed by atoms with Gasteiger partial charge in [0.1, 0.15) is 12.2 Å². The van der Waals surface area contributed by atoms with Crippen molar-refractivity contribution in [2.45, 2.75) is 26.3 Å². The largest absolute Gasteiger partial charge is 0.466 e. The summed E-state index contributed by atoms with van der Waals surface area (Å²) in [5.74, 6) is 0.259.